The summed E-state index contributed by atoms with van der Waals surface area (Å²) in [6.45, 7) is 4.15. The van der Waals surface area contributed by atoms with E-state index in [0.29, 0.717) is 43.6 Å². The topological polar surface area (TPSA) is 89.9 Å². The third-order valence-corrected chi connectivity index (χ3v) is 4.87. The number of methoxy groups -OCH3 is 1. The minimum atomic E-state index is -0.0948. The van der Waals surface area contributed by atoms with Crippen molar-refractivity contribution in [3.63, 3.8) is 0 Å². The molecule has 4 rings (SSSR count). The van der Waals surface area contributed by atoms with E-state index in [1.54, 1.807) is 24.1 Å². The van der Waals surface area contributed by atoms with Gasteiger partial charge in [0.05, 0.1) is 32.4 Å². The number of morpholine rings is 1. The van der Waals surface area contributed by atoms with Crippen molar-refractivity contribution < 1.29 is 19.0 Å². The molecule has 9 nitrogen and oxygen atoms in total. The van der Waals surface area contributed by atoms with Gasteiger partial charge >= 0.3 is 0 Å². The van der Waals surface area contributed by atoms with Crippen LogP contribution < -0.4 is 14.4 Å². The molecule has 1 atom stereocenters. The molecule has 2 aromatic heterocycles. The Morgan fingerprint density at radius 3 is 2.75 bits per heavy atom. The highest BCUT2D eigenvalue weighted by atomic mass is 16.5. The first-order chi connectivity index (χ1) is 13.7. The summed E-state index contributed by atoms with van der Waals surface area (Å²) in [4.78, 5) is 29.2. The van der Waals surface area contributed by atoms with Crippen molar-refractivity contribution in [3.8, 4) is 11.8 Å². The average Bonchev–Trinajstić information content (AvgIpc) is 3.22. The van der Waals surface area contributed by atoms with Crippen molar-refractivity contribution in [2.75, 3.05) is 51.4 Å². The van der Waals surface area contributed by atoms with E-state index in [1.807, 2.05) is 6.07 Å². The van der Waals surface area contributed by atoms with Crippen molar-refractivity contribution in [1.29, 1.82) is 0 Å². The maximum absolute atomic E-state index is 12.7. The first-order valence-electron chi connectivity index (χ1n) is 9.33. The molecule has 2 aromatic rings. The number of aromatic nitrogens is 3. The maximum Gasteiger partial charge on any atom is 0.255 e. The zero-order chi connectivity index (χ0) is 19.3. The van der Waals surface area contributed by atoms with E-state index in [2.05, 4.69) is 19.9 Å². The number of likely N-dealkylation sites (tertiary alicyclic amines) is 1. The summed E-state index contributed by atoms with van der Waals surface area (Å²) in [6.07, 6.45) is 3.71. The molecule has 1 unspecified atom stereocenters. The summed E-state index contributed by atoms with van der Waals surface area (Å²) >= 11 is 0. The van der Waals surface area contributed by atoms with Crippen LogP contribution in [-0.2, 0) is 4.74 Å². The van der Waals surface area contributed by atoms with Gasteiger partial charge in [-0.2, -0.15) is 0 Å². The summed E-state index contributed by atoms with van der Waals surface area (Å²) in [5.74, 6) is 1.79. The van der Waals surface area contributed by atoms with Crippen LogP contribution in [0.25, 0.3) is 0 Å². The van der Waals surface area contributed by atoms with E-state index >= 15 is 0 Å². The van der Waals surface area contributed by atoms with Gasteiger partial charge in [0, 0.05) is 44.4 Å². The van der Waals surface area contributed by atoms with Crippen molar-refractivity contribution in [2.24, 2.45) is 0 Å². The lowest BCUT2D eigenvalue weighted by Gasteiger charge is -2.27. The van der Waals surface area contributed by atoms with Gasteiger partial charge in [-0.15, -0.1) is 0 Å². The Morgan fingerprint density at radius 1 is 1.14 bits per heavy atom. The fraction of sp³-hybridized carbons (Fsp3) is 0.474. The SMILES string of the molecule is COc1ccc(C(=O)N2CCC(Oc3cc(N4CCOCC4)ncn3)C2)cn1. The fourth-order valence-corrected chi connectivity index (χ4v) is 3.35. The molecule has 2 saturated heterocycles. The second-order valence-corrected chi connectivity index (χ2v) is 6.68. The summed E-state index contributed by atoms with van der Waals surface area (Å²) in [5, 5.41) is 0. The van der Waals surface area contributed by atoms with Gasteiger partial charge in [-0.25, -0.2) is 15.0 Å². The second-order valence-electron chi connectivity index (χ2n) is 6.68. The quantitative estimate of drug-likeness (QED) is 0.753. The van der Waals surface area contributed by atoms with Gasteiger partial charge in [-0.3, -0.25) is 4.79 Å². The number of ether oxygens (including phenoxy) is 3. The standard InChI is InChI=1S/C19H23N5O4/c1-26-17-3-2-14(11-20-17)19(25)24-5-4-15(12-24)28-18-10-16(21-13-22-18)23-6-8-27-9-7-23/h2-3,10-11,13,15H,4-9,12H2,1H3. The molecular weight excluding hydrogens is 362 g/mol. The number of carbonyl (C=O) groups is 1. The first kappa shape index (κ1) is 18.4. The van der Waals surface area contributed by atoms with Crippen LogP contribution in [0.4, 0.5) is 5.82 Å². The van der Waals surface area contributed by atoms with Gasteiger partial charge in [0.15, 0.2) is 0 Å². The number of rotatable bonds is 5. The van der Waals surface area contributed by atoms with Crippen molar-refractivity contribution in [3.05, 3.63) is 36.3 Å². The third kappa shape index (κ3) is 4.14. The summed E-state index contributed by atoms with van der Waals surface area (Å²) in [7, 11) is 1.55. The lowest BCUT2D eigenvalue weighted by atomic mass is 10.2. The molecule has 0 bridgehead atoms. The Hall–Kier alpha value is -2.94. The van der Waals surface area contributed by atoms with Crippen LogP contribution in [0.2, 0.25) is 0 Å². The fourth-order valence-electron chi connectivity index (χ4n) is 3.35. The number of carbonyl (C=O) groups excluding carboxylic acids is 1. The molecule has 0 aromatic carbocycles. The van der Waals surface area contributed by atoms with Crippen LogP contribution >= 0.6 is 0 Å². The van der Waals surface area contributed by atoms with Gasteiger partial charge in [0.2, 0.25) is 11.8 Å². The van der Waals surface area contributed by atoms with E-state index in [0.717, 1.165) is 25.3 Å². The lowest BCUT2D eigenvalue weighted by Crippen LogP contribution is -2.36. The molecule has 2 aliphatic rings. The molecule has 2 fully saturated rings. The number of hydrogen-bond acceptors (Lipinski definition) is 8. The molecule has 0 spiro atoms. The van der Waals surface area contributed by atoms with Crippen molar-refractivity contribution in [1.82, 2.24) is 19.9 Å². The normalized spacial score (nSPS) is 19.5. The molecule has 148 valence electrons. The summed E-state index contributed by atoms with van der Waals surface area (Å²) in [6, 6.07) is 5.26. The number of anilines is 1. The molecule has 28 heavy (non-hydrogen) atoms. The van der Waals surface area contributed by atoms with Gasteiger partial charge in [0.25, 0.3) is 5.91 Å². The maximum atomic E-state index is 12.7. The molecule has 9 heteroatoms. The Bertz CT molecular complexity index is 810. The van der Waals surface area contributed by atoms with E-state index in [1.165, 1.54) is 12.5 Å². The number of hydrogen-bond donors (Lipinski definition) is 0. The molecule has 0 radical (unpaired) electrons. The van der Waals surface area contributed by atoms with Crippen LogP contribution in [0.5, 0.6) is 11.8 Å². The van der Waals surface area contributed by atoms with E-state index < -0.39 is 0 Å². The molecule has 0 N–H and O–H groups in total. The van der Waals surface area contributed by atoms with Gasteiger partial charge < -0.3 is 24.0 Å². The highest BCUT2D eigenvalue weighted by molar-refractivity contribution is 5.94. The molecule has 0 saturated carbocycles. The number of amides is 1. The van der Waals surface area contributed by atoms with E-state index in [9.17, 15) is 4.79 Å². The zero-order valence-electron chi connectivity index (χ0n) is 15.8. The summed E-state index contributed by atoms with van der Waals surface area (Å²) < 4.78 is 16.4. The van der Waals surface area contributed by atoms with Gasteiger partial charge in [-0.05, 0) is 6.07 Å². The molecule has 1 amide bonds. The first-order valence-corrected chi connectivity index (χ1v) is 9.33. The third-order valence-electron chi connectivity index (χ3n) is 4.87. The Kier molecular flexibility index (Phi) is 5.52. The van der Waals surface area contributed by atoms with E-state index in [-0.39, 0.29) is 12.0 Å². The molecular formula is C19H23N5O4. The highest BCUT2D eigenvalue weighted by Gasteiger charge is 2.29. The van der Waals surface area contributed by atoms with Gasteiger partial charge in [0.1, 0.15) is 18.2 Å². The highest BCUT2D eigenvalue weighted by Crippen LogP contribution is 2.22. The Labute approximate surface area is 163 Å². The van der Waals surface area contributed by atoms with Crippen molar-refractivity contribution in [2.45, 2.75) is 12.5 Å². The number of pyridine rings is 1. The minimum Gasteiger partial charge on any atom is -0.481 e. The van der Waals surface area contributed by atoms with E-state index in [4.69, 9.17) is 14.2 Å². The van der Waals surface area contributed by atoms with Crippen LogP contribution in [0.1, 0.15) is 16.8 Å². The van der Waals surface area contributed by atoms with Crippen LogP contribution in [0.15, 0.2) is 30.7 Å². The Morgan fingerprint density at radius 2 is 2.00 bits per heavy atom. The monoisotopic (exact) mass is 385 g/mol. The minimum absolute atomic E-state index is 0.0575. The van der Waals surface area contributed by atoms with Crippen LogP contribution in [0, 0.1) is 0 Å². The molecule has 0 aliphatic carbocycles. The van der Waals surface area contributed by atoms with Crippen molar-refractivity contribution >= 4 is 11.7 Å². The Balaban J connectivity index is 1.36. The lowest BCUT2D eigenvalue weighted by molar-refractivity contribution is 0.0770. The molecule has 2 aliphatic heterocycles. The second kappa shape index (κ2) is 8.39. The van der Waals surface area contributed by atoms with Crippen LogP contribution in [-0.4, -0.2) is 78.4 Å². The largest absolute Gasteiger partial charge is 0.481 e. The van der Waals surface area contributed by atoms with Crippen LogP contribution in [0.3, 0.4) is 0 Å². The number of nitrogens with zero attached hydrogens (tertiary/aromatic N) is 5. The zero-order valence-corrected chi connectivity index (χ0v) is 15.8. The predicted molar refractivity (Wildman–Crippen MR) is 101 cm³/mol. The summed E-state index contributed by atoms with van der Waals surface area (Å²) in [5.41, 5.74) is 0.540. The smallest absolute Gasteiger partial charge is 0.255 e. The molecule has 4 heterocycles. The average molecular weight is 385 g/mol. The van der Waals surface area contributed by atoms with Gasteiger partial charge in [-0.1, -0.05) is 0 Å². The predicted octanol–water partition coefficient (Wildman–Crippen LogP) is 1.01.